The lowest BCUT2D eigenvalue weighted by Gasteiger charge is -2.18. The molecule has 0 saturated heterocycles. The molecule has 0 saturated carbocycles. The first kappa shape index (κ1) is 16.0. The molecule has 0 fully saturated rings. The van der Waals surface area contributed by atoms with Crippen molar-refractivity contribution in [1.82, 2.24) is 10.2 Å². The summed E-state index contributed by atoms with van der Waals surface area (Å²) in [5.74, 6) is -0.0257. The number of nitrogen functional groups attached to an aromatic ring is 1. The molecule has 2 amide bonds. The highest BCUT2D eigenvalue weighted by molar-refractivity contribution is 5.80. The summed E-state index contributed by atoms with van der Waals surface area (Å²) < 4.78 is 0. The summed E-state index contributed by atoms with van der Waals surface area (Å²) in [6, 6.07) is 7.24. The summed E-state index contributed by atoms with van der Waals surface area (Å²) in [6.07, 6.45) is 0.620. The first-order valence-electron chi connectivity index (χ1n) is 6.95. The average molecular weight is 277 g/mol. The van der Waals surface area contributed by atoms with Crippen LogP contribution in [0.2, 0.25) is 0 Å². The molecule has 1 rings (SSSR count). The Bertz CT molecular complexity index is 456. The highest BCUT2D eigenvalue weighted by Gasteiger charge is 2.10. The van der Waals surface area contributed by atoms with Gasteiger partial charge in [0.05, 0.1) is 6.42 Å². The highest BCUT2D eigenvalue weighted by atomic mass is 16.2. The molecule has 1 aromatic carbocycles. The van der Waals surface area contributed by atoms with E-state index in [1.165, 1.54) is 0 Å². The van der Waals surface area contributed by atoms with Crippen LogP contribution in [0.5, 0.6) is 0 Å². The molecule has 0 radical (unpaired) electrons. The lowest BCUT2D eigenvalue weighted by atomic mass is 10.1. The fourth-order valence-electron chi connectivity index (χ4n) is 1.99. The van der Waals surface area contributed by atoms with Crippen molar-refractivity contribution in [3.8, 4) is 0 Å². The predicted molar refractivity (Wildman–Crippen MR) is 80.1 cm³/mol. The van der Waals surface area contributed by atoms with Crippen molar-refractivity contribution in [2.24, 2.45) is 0 Å². The molecule has 1 aromatic rings. The average Bonchev–Trinajstić information content (AvgIpc) is 2.40. The number of hydrogen-bond donors (Lipinski definition) is 2. The number of nitrogens with zero attached hydrogens (tertiary/aromatic N) is 1. The predicted octanol–water partition coefficient (Wildman–Crippen LogP) is 1.19. The van der Waals surface area contributed by atoms with E-state index in [0.717, 1.165) is 5.56 Å². The number of nitrogens with one attached hydrogen (secondary N) is 1. The lowest BCUT2D eigenvalue weighted by Crippen LogP contribution is -2.34. The van der Waals surface area contributed by atoms with E-state index >= 15 is 0 Å². The number of amides is 2. The van der Waals surface area contributed by atoms with Crippen molar-refractivity contribution in [1.29, 1.82) is 0 Å². The normalized spacial score (nSPS) is 10.1. The third-order valence-electron chi connectivity index (χ3n) is 3.09. The van der Waals surface area contributed by atoms with Gasteiger partial charge in [-0.05, 0) is 31.5 Å². The summed E-state index contributed by atoms with van der Waals surface area (Å²) >= 11 is 0. The molecule has 5 nitrogen and oxygen atoms in total. The van der Waals surface area contributed by atoms with E-state index in [4.69, 9.17) is 5.73 Å². The second kappa shape index (κ2) is 8.19. The molecule has 0 aliphatic rings. The number of carbonyl (C=O) groups is 2. The van der Waals surface area contributed by atoms with Crippen LogP contribution in [0.4, 0.5) is 5.69 Å². The minimum absolute atomic E-state index is 0.0688. The minimum Gasteiger partial charge on any atom is -0.399 e. The Morgan fingerprint density at radius 2 is 1.95 bits per heavy atom. The third kappa shape index (κ3) is 5.30. The topological polar surface area (TPSA) is 75.4 Å². The fraction of sp³-hybridized carbons (Fsp3) is 0.467. The van der Waals surface area contributed by atoms with Crippen molar-refractivity contribution >= 4 is 17.5 Å². The zero-order valence-corrected chi connectivity index (χ0v) is 12.2. The Morgan fingerprint density at radius 1 is 1.25 bits per heavy atom. The van der Waals surface area contributed by atoms with E-state index in [1.807, 2.05) is 26.0 Å². The Labute approximate surface area is 120 Å². The van der Waals surface area contributed by atoms with Gasteiger partial charge in [0.1, 0.15) is 0 Å². The summed E-state index contributed by atoms with van der Waals surface area (Å²) in [6.45, 7) is 5.66. The molecule has 110 valence electrons. The molecule has 0 aromatic heterocycles. The first-order chi connectivity index (χ1) is 9.56. The SMILES string of the molecule is CCN(CC)C(=O)CCNC(=O)Cc1cccc(N)c1. The third-order valence-corrected chi connectivity index (χ3v) is 3.09. The van der Waals surface area contributed by atoms with Crippen LogP contribution in [-0.2, 0) is 16.0 Å². The largest absolute Gasteiger partial charge is 0.399 e. The Balaban J connectivity index is 2.32. The number of nitrogens with two attached hydrogens (primary N) is 1. The van der Waals surface area contributed by atoms with Crippen LogP contribution >= 0.6 is 0 Å². The zero-order valence-electron chi connectivity index (χ0n) is 12.2. The quantitative estimate of drug-likeness (QED) is 0.735. The van der Waals surface area contributed by atoms with Gasteiger partial charge in [-0.3, -0.25) is 9.59 Å². The van der Waals surface area contributed by atoms with Crippen LogP contribution in [0.25, 0.3) is 0 Å². The molecule has 20 heavy (non-hydrogen) atoms. The van der Waals surface area contributed by atoms with Gasteiger partial charge in [0, 0.05) is 31.7 Å². The van der Waals surface area contributed by atoms with Crippen LogP contribution in [0.15, 0.2) is 24.3 Å². The molecular formula is C15H23N3O2. The standard InChI is InChI=1S/C15H23N3O2/c1-3-18(4-2)15(20)8-9-17-14(19)11-12-6-5-7-13(16)10-12/h5-7,10H,3-4,8-9,11,16H2,1-2H3,(H,17,19). The van der Waals surface area contributed by atoms with Crippen molar-refractivity contribution in [2.45, 2.75) is 26.7 Å². The number of benzene rings is 1. The van der Waals surface area contributed by atoms with Gasteiger partial charge in [-0.2, -0.15) is 0 Å². The smallest absolute Gasteiger partial charge is 0.224 e. The van der Waals surface area contributed by atoms with Crippen molar-refractivity contribution in [3.05, 3.63) is 29.8 Å². The maximum atomic E-state index is 11.7. The van der Waals surface area contributed by atoms with E-state index in [0.29, 0.717) is 31.7 Å². The van der Waals surface area contributed by atoms with Crippen LogP contribution in [-0.4, -0.2) is 36.3 Å². The molecule has 0 bridgehead atoms. The van der Waals surface area contributed by atoms with E-state index in [1.54, 1.807) is 17.0 Å². The first-order valence-corrected chi connectivity index (χ1v) is 6.95. The van der Waals surface area contributed by atoms with Gasteiger partial charge in [-0.1, -0.05) is 12.1 Å². The summed E-state index contributed by atoms with van der Waals surface area (Å²) in [7, 11) is 0. The molecule has 0 heterocycles. The van der Waals surface area contributed by atoms with E-state index in [9.17, 15) is 9.59 Å². The Kier molecular flexibility index (Phi) is 6.56. The Morgan fingerprint density at radius 3 is 2.55 bits per heavy atom. The molecule has 0 aliphatic heterocycles. The van der Waals surface area contributed by atoms with Crippen LogP contribution in [0, 0.1) is 0 Å². The van der Waals surface area contributed by atoms with Gasteiger partial charge >= 0.3 is 0 Å². The minimum atomic E-state index is -0.0945. The second-order valence-corrected chi connectivity index (χ2v) is 4.59. The number of carbonyl (C=O) groups excluding carboxylic acids is 2. The van der Waals surface area contributed by atoms with Gasteiger partial charge in [0.15, 0.2) is 0 Å². The Hall–Kier alpha value is -2.04. The van der Waals surface area contributed by atoms with Gasteiger partial charge in [0.2, 0.25) is 11.8 Å². The fourth-order valence-corrected chi connectivity index (χ4v) is 1.99. The van der Waals surface area contributed by atoms with E-state index in [-0.39, 0.29) is 18.2 Å². The number of anilines is 1. The van der Waals surface area contributed by atoms with E-state index in [2.05, 4.69) is 5.32 Å². The maximum absolute atomic E-state index is 11.7. The molecule has 0 unspecified atom stereocenters. The lowest BCUT2D eigenvalue weighted by molar-refractivity contribution is -0.130. The molecule has 5 heteroatoms. The van der Waals surface area contributed by atoms with Gasteiger partial charge < -0.3 is 16.0 Å². The molecule has 0 atom stereocenters. The van der Waals surface area contributed by atoms with Crippen LogP contribution < -0.4 is 11.1 Å². The van der Waals surface area contributed by atoms with Gasteiger partial charge in [-0.25, -0.2) is 0 Å². The summed E-state index contributed by atoms with van der Waals surface area (Å²) in [5.41, 5.74) is 7.17. The molecule has 0 spiro atoms. The summed E-state index contributed by atoms with van der Waals surface area (Å²) in [4.78, 5) is 25.2. The van der Waals surface area contributed by atoms with Crippen molar-refractivity contribution < 1.29 is 9.59 Å². The number of hydrogen-bond acceptors (Lipinski definition) is 3. The van der Waals surface area contributed by atoms with Crippen LogP contribution in [0.3, 0.4) is 0 Å². The molecular weight excluding hydrogens is 254 g/mol. The molecule has 0 aliphatic carbocycles. The monoisotopic (exact) mass is 277 g/mol. The van der Waals surface area contributed by atoms with E-state index < -0.39 is 0 Å². The zero-order chi connectivity index (χ0) is 15.0. The summed E-state index contributed by atoms with van der Waals surface area (Å²) in [5, 5.41) is 2.76. The maximum Gasteiger partial charge on any atom is 0.224 e. The van der Waals surface area contributed by atoms with Crippen molar-refractivity contribution in [3.63, 3.8) is 0 Å². The number of rotatable bonds is 7. The van der Waals surface area contributed by atoms with Crippen molar-refractivity contribution in [2.75, 3.05) is 25.4 Å². The second-order valence-electron chi connectivity index (χ2n) is 4.59. The van der Waals surface area contributed by atoms with Gasteiger partial charge in [-0.15, -0.1) is 0 Å². The van der Waals surface area contributed by atoms with Gasteiger partial charge in [0.25, 0.3) is 0 Å². The highest BCUT2D eigenvalue weighted by Crippen LogP contribution is 2.06. The molecule has 3 N–H and O–H groups in total. The van der Waals surface area contributed by atoms with Crippen LogP contribution in [0.1, 0.15) is 25.8 Å².